The van der Waals surface area contributed by atoms with Crippen LogP contribution in [0.1, 0.15) is 34.3 Å². The second kappa shape index (κ2) is 7.04. The van der Waals surface area contributed by atoms with Crippen molar-refractivity contribution in [3.8, 4) is 0 Å². The summed E-state index contributed by atoms with van der Waals surface area (Å²) < 4.78 is 5.09. The van der Waals surface area contributed by atoms with Gasteiger partial charge in [0.25, 0.3) is 5.91 Å². The van der Waals surface area contributed by atoms with E-state index in [2.05, 4.69) is 15.2 Å². The molecule has 1 amide bonds. The van der Waals surface area contributed by atoms with Crippen molar-refractivity contribution in [2.45, 2.75) is 19.4 Å². The summed E-state index contributed by atoms with van der Waals surface area (Å²) >= 11 is 0. The van der Waals surface area contributed by atoms with Crippen LogP contribution in [-0.4, -0.2) is 36.4 Å². The molecule has 0 bridgehead atoms. The summed E-state index contributed by atoms with van der Waals surface area (Å²) in [6.45, 7) is 2.62. The fourth-order valence-electron chi connectivity index (χ4n) is 2.14. The summed E-state index contributed by atoms with van der Waals surface area (Å²) in [6, 6.07) is 9.93. The molecule has 0 spiro atoms. The second-order valence-corrected chi connectivity index (χ2v) is 5.29. The fraction of sp³-hybridized carbons (Fsp3) is 0.375. The van der Waals surface area contributed by atoms with Gasteiger partial charge in [-0.15, -0.1) is 0 Å². The van der Waals surface area contributed by atoms with Crippen molar-refractivity contribution in [3.63, 3.8) is 0 Å². The number of aryl methyl sites for hydroxylation is 1. The third-order valence-electron chi connectivity index (χ3n) is 3.33. The molecule has 0 aliphatic carbocycles. The molecule has 1 N–H and O–H groups in total. The maximum absolute atomic E-state index is 12.3. The monoisotopic (exact) mass is 287 g/mol. The van der Waals surface area contributed by atoms with Gasteiger partial charge in [0.15, 0.2) is 12.1 Å². The number of oxazole rings is 1. The molecule has 0 aliphatic heterocycles. The zero-order valence-electron chi connectivity index (χ0n) is 12.7. The van der Waals surface area contributed by atoms with Gasteiger partial charge in [-0.2, -0.15) is 0 Å². The fourth-order valence-corrected chi connectivity index (χ4v) is 2.14. The first kappa shape index (κ1) is 15.3. The van der Waals surface area contributed by atoms with Gasteiger partial charge in [0.1, 0.15) is 5.76 Å². The van der Waals surface area contributed by atoms with Gasteiger partial charge in [-0.3, -0.25) is 4.79 Å². The third-order valence-corrected chi connectivity index (χ3v) is 3.33. The summed E-state index contributed by atoms with van der Waals surface area (Å²) in [5.41, 5.74) is 1.44. The van der Waals surface area contributed by atoms with E-state index in [1.807, 2.05) is 44.4 Å². The molecule has 1 aromatic carbocycles. The minimum Gasteiger partial charge on any atom is -0.448 e. The highest BCUT2D eigenvalue weighted by Gasteiger charge is 2.19. The molecule has 0 saturated carbocycles. The number of aromatic nitrogens is 1. The van der Waals surface area contributed by atoms with Crippen LogP contribution in [0.5, 0.6) is 0 Å². The smallest absolute Gasteiger partial charge is 0.274 e. The van der Waals surface area contributed by atoms with Crippen LogP contribution in [0.3, 0.4) is 0 Å². The topological polar surface area (TPSA) is 58.4 Å². The van der Waals surface area contributed by atoms with Crippen molar-refractivity contribution in [2.75, 3.05) is 20.6 Å². The number of nitrogens with zero attached hydrogens (tertiary/aromatic N) is 2. The molecule has 0 unspecified atom stereocenters. The van der Waals surface area contributed by atoms with Crippen LogP contribution in [0.25, 0.3) is 0 Å². The number of amides is 1. The van der Waals surface area contributed by atoms with E-state index in [1.54, 1.807) is 6.92 Å². The maximum Gasteiger partial charge on any atom is 0.274 e. The van der Waals surface area contributed by atoms with Crippen LogP contribution in [0.4, 0.5) is 0 Å². The number of benzene rings is 1. The van der Waals surface area contributed by atoms with Gasteiger partial charge in [-0.05, 0) is 39.5 Å². The largest absolute Gasteiger partial charge is 0.448 e. The van der Waals surface area contributed by atoms with Gasteiger partial charge in [-0.1, -0.05) is 30.3 Å². The van der Waals surface area contributed by atoms with E-state index in [-0.39, 0.29) is 11.9 Å². The lowest BCUT2D eigenvalue weighted by Crippen LogP contribution is -2.31. The van der Waals surface area contributed by atoms with Crippen molar-refractivity contribution >= 4 is 5.91 Å². The van der Waals surface area contributed by atoms with Gasteiger partial charge in [0.05, 0.1) is 6.04 Å². The molecule has 112 valence electrons. The maximum atomic E-state index is 12.3. The number of carbonyl (C=O) groups is 1. The number of hydrogen-bond acceptors (Lipinski definition) is 4. The number of rotatable bonds is 6. The second-order valence-electron chi connectivity index (χ2n) is 5.29. The van der Waals surface area contributed by atoms with E-state index >= 15 is 0 Å². The van der Waals surface area contributed by atoms with Crippen molar-refractivity contribution < 1.29 is 9.21 Å². The van der Waals surface area contributed by atoms with Gasteiger partial charge in [0, 0.05) is 0 Å². The molecule has 2 aromatic rings. The molecular weight excluding hydrogens is 266 g/mol. The van der Waals surface area contributed by atoms with E-state index < -0.39 is 0 Å². The predicted molar refractivity (Wildman–Crippen MR) is 81.1 cm³/mol. The van der Waals surface area contributed by atoms with Crippen LogP contribution in [0, 0.1) is 6.92 Å². The van der Waals surface area contributed by atoms with Crippen molar-refractivity contribution in [1.82, 2.24) is 15.2 Å². The lowest BCUT2D eigenvalue weighted by molar-refractivity contribution is 0.0927. The standard InChI is InChI=1S/C16H21N3O2/c1-12-15(17-11-21-12)16(20)18-14(9-10-19(2)3)13-7-5-4-6-8-13/h4-8,11,14H,9-10H2,1-3H3,(H,18,20)/t14-/m0/s1. The van der Waals surface area contributed by atoms with Crippen LogP contribution >= 0.6 is 0 Å². The van der Waals surface area contributed by atoms with Gasteiger partial charge >= 0.3 is 0 Å². The van der Waals surface area contributed by atoms with Crippen LogP contribution in [0.15, 0.2) is 41.1 Å². The Bertz CT molecular complexity index is 578. The first-order valence-electron chi connectivity index (χ1n) is 6.98. The Kier molecular flexibility index (Phi) is 5.11. The Morgan fingerprint density at radius 2 is 2.05 bits per heavy atom. The van der Waals surface area contributed by atoms with E-state index in [4.69, 9.17) is 4.42 Å². The summed E-state index contributed by atoms with van der Waals surface area (Å²) in [5, 5.41) is 3.04. The van der Waals surface area contributed by atoms with Crippen LogP contribution in [-0.2, 0) is 0 Å². The first-order chi connectivity index (χ1) is 10.1. The van der Waals surface area contributed by atoms with Crippen molar-refractivity contribution in [1.29, 1.82) is 0 Å². The average Bonchev–Trinajstić information content (AvgIpc) is 2.90. The Morgan fingerprint density at radius 1 is 1.33 bits per heavy atom. The summed E-state index contributed by atoms with van der Waals surface area (Å²) in [6.07, 6.45) is 2.13. The molecule has 0 radical (unpaired) electrons. The molecule has 21 heavy (non-hydrogen) atoms. The third kappa shape index (κ3) is 4.16. The molecule has 1 atom stereocenters. The molecule has 0 saturated heterocycles. The molecule has 5 nitrogen and oxygen atoms in total. The highest BCUT2D eigenvalue weighted by Crippen LogP contribution is 2.18. The minimum atomic E-state index is -0.200. The number of nitrogens with one attached hydrogen (secondary N) is 1. The van der Waals surface area contributed by atoms with Gasteiger partial charge in [-0.25, -0.2) is 4.98 Å². The Balaban J connectivity index is 2.12. The van der Waals surface area contributed by atoms with Crippen molar-refractivity contribution in [2.24, 2.45) is 0 Å². The van der Waals surface area contributed by atoms with Crippen molar-refractivity contribution in [3.05, 3.63) is 53.7 Å². The molecule has 0 fully saturated rings. The minimum absolute atomic E-state index is 0.0443. The number of hydrogen-bond donors (Lipinski definition) is 1. The summed E-state index contributed by atoms with van der Waals surface area (Å²) in [5.74, 6) is 0.334. The zero-order valence-corrected chi connectivity index (χ0v) is 12.7. The number of carbonyl (C=O) groups excluding carboxylic acids is 1. The van der Waals surface area contributed by atoms with Crippen LogP contribution in [0.2, 0.25) is 0 Å². The predicted octanol–water partition coefficient (Wildman–Crippen LogP) is 2.41. The normalized spacial score (nSPS) is 12.4. The van der Waals surface area contributed by atoms with E-state index in [0.29, 0.717) is 11.5 Å². The molecule has 0 aliphatic rings. The van der Waals surface area contributed by atoms with E-state index in [1.165, 1.54) is 6.39 Å². The Morgan fingerprint density at radius 3 is 2.62 bits per heavy atom. The summed E-state index contributed by atoms with van der Waals surface area (Å²) in [7, 11) is 4.04. The van der Waals surface area contributed by atoms with Gasteiger partial charge < -0.3 is 14.6 Å². The highest BCUT2D eigenvalue weighted by atomic mass is 16.3. The highest BCUT2D eigenvalue weighted by molar-refractivity contribution is 5.93. The summed E-state index contributed by atoms with van der Waals surface area (Å²) in [4.78, 5) is 18.4. The molecule has 1 aromatic heterocycles. The molecule has 2 rings (SSSR count). The Hall–Kier alpha value is -2.14. The molecular formula is C16H21N3O2. The molecule has 5 heteroatoms. The quantitative estimate of drug-likeness (QED) is 0.886. The Labute approximate surface area is 125 Å². The first-order valence-corrected chi connectivity index (χ1v) is 6.98. The average molecular weight is 287 g/mol. The van der Waals surface area contributed by atoms with Gasteiger partial charge in [0.2, 0.25) is 0 Å². The zero-order chi connectivity index (χ0) is 15.2. The lowest BCUT2D eigenvalue weighted by Gasteiger charge is -2.21. The SMILES string of the molecule is Cc1ocnc1C(=O)N[C@@H](CCN(C)C)c1ccccc1. The lowest BCUT2D eigenvalue weighted by atomic mass is 10.0. The molecule has 1 heterocycles. The van der Waals surface area contributed by atoms with Crippen LogP contribution < -0.4 is 5.32 Å². The van der Waals surface area contributed by atoms with E-state index in [9.17, 15) is 4.79 Å². The van der Waals surface area contributed by atoms with E-state index in [0.717, 1.165) is 18.5 Å².